The molecular weight excluding hydrogens is 544 g/mol. The molecule has 6 rings (SSSR count). The van der Waals surface area contributed by atoms with Crippen molar-refractivity contribution >= 4 is 34.8 Å². The van der Waals surface area contributed by atoms with Crippen LogP contribution in [0.25, 0.3) is 0 Å². The smallest absolute Gasteiger partial charge is 0.250 e. The first-order valence-electron chi connectivity index (χ1n) is 15.1. The van der Waals surface area contributed by atoms with Gasteiger partial charge in [0.15, 0.2) is 0 Å². The summed E-state index contributed by atoms with van der Waals surface area (Å²) in [5.41, 5.74) is 1.80. The quantitative estimate of drug-likeness (QED) is 0.330. The zero-order valence-corrected chi connectivity index (χ0v) is 24.5. The van der Waals surface area contributed by atoms with Gasteiger partial charge >= 0.3 is 0 Å². The Morgan fingerprint density at radius 2 is 1.53 bits per heavy atom. The Labute approximate surface area is 251 Å². The van der Waals surface area contributed by atoms with E-state index >= 15 is 0 Å². The maximum atomic E-state index is 14.4. The highest BCUT2D eigenvalue weighted by Gasteiger charge is 2.75. The molecule has 2 bridgehead atoms. The number of ether oxygens (including phenoxy) is 1. The Kier molecular flexibility index (Phi) is 7.94. The van der Waals surface area contributed by atoms with Gasteiger partial charge in [-0.2, -0.15) is 0 Å². The number of anilines is 3. The molecule has 0 radical (unpaired) electrons. The molecule has 3 amide bonds. The van der Waals surface area contributed by atoms with E-state index in [4.69, 9.17) is 4.74 Å². The van der Waals surface area contributed by atoms with E-state index in [2.05, 4.69) is 29.4 Å². The highest BCUT2D eigenvalue weighted by Crippen LogP contribution is 2.59. The number of carbonyl (C=O) groups is 3. The van der Waals surface area contributed by atoms with E-state index in [1.54, 1.807) is 12.1 Å². The predicted molar refractivity (Wildman–Crippen MR) is 164 cm³/mol. The molecular formula is C34H38N4O5. The molecule has 3 aliphatic heterocycles. The van der Waals surface area contributed by atoms with E-state index in [0.717, 1.165) is 18.8 Å². The number of aliphatic hydroxyl groups is 1. The summed E-state index contributed by atoms with van der Waals surface area (Å²) >= 11 is 0. The first-order chi connectivity index (χ1) is 20.9. The summed E-state index contributed by atoms with van der Waals surface area (Å²) in [7, 11) is 0. The minimum absolute atomic E-state index is 0.301. The van der Waals surface area contributed by atoms with Crippen LogP contribution in [0.5, 0.6) is 0 Å². The highest BCUT2D eigenvalue weighted by atomic mass is 16.5. The molecule has 2 unspecified atom stereocenters. The zero-order chi connectivity index (χ0) is 30.1. The van der Waals surface area contributed by atoms with Gasteiger partial charge in [-0.25, -0.2) is 0 Å². The Balaban J connectivity index is 1.35. The summed E-state index contributed by atoms with van der Waals surface area (Å²) in [5.74, 6) is -2.66. The lowest BCUT2D eigenvalue weighted by molar-refractivity contribution is -0.143. The number of hydrogen-bond donors (Lipinski definition) is 3. The van der Waals surface area contributed by atoms with Crippen LogP contribution in [0, 0.1) is 11.8 Å². The average Bonchev–Trinajstić information content (AvgIpc) is 3.68. The van der Waals surface area contributed by atoms with E-state index in [0.29, 0.717) is 29.8 Å². The van der Waals surface area contributed by atoms with Gasteiger partial charge in [-0.1, -0.05) is 48.5 Å². The van der Waals surface area contributed by atoms with Crippen LogP contribution in [-0.4, -0.2) is 65.2 Å². The summed E-state index contributed by atoms with van der Waals surface area (Å²) in [6.07, 6.45) is 0.542. The van der Waals surface area contributed by atoms with Gasteiger partial charge < -0.3 is 30.3 Å². The fraction of sp³-hybridized carbons (Fsp3) is 0.382. The second-order valence-corrected chi connectivity index (χ2v) is 11.5. The molecule has 0 aromatic heterocycles. The van der Waals surface area contributed by atoms with Gasteiger partial charge in [-0.15, -0.1) is 0 Å². The molecule has 3 heterocycles. The minimum atomic E-state index is -1.19. The number of aliphatic hydroxyl groups excluding tert-OH is 1. The molecule has 3 aromatic rings. The number of fused-ring (bicyclic) bond motifs is 1. The minimum Gasteiger partial charge on any atom is -0.394 e. The number of benzene rings is 3. The molecule has 224 valence electrons. The number of nitrogens with one attached hydrogen (secondary N) is 2. The molecule has 3 N–H and O–H groups in total. The van der Waals surface area contributed by atoms with Gasteiger partial charge in [0.2, 0.25) is 17.7 Å². The third-order valence-electron chi connectivity index (χ3n) is 9.29. The number of hydrogen-bond acceptors (Lipinski definition) is 6. The first-order valence-corrected chi connectivity index (χ1v) is 15.1. The average molecular weight is 583 g/mol. The van der Waals surface area contributed by atoms with Gasteiger partial charge in [-0.05, 0) is 68.7 Å². The molecule has 6 atom stereocenters. The van der Waals surface area contributed by atoms with E-state index in [1.165, 1.54) is 4.90 Å². The van der Waals surface area contributed by atoms with Gasteiger partial charge in [-0.3, -0.25) is 14.4 Å². The molecule has 0 saturated carbocycles. The summed E-state index contributed by atoms with van der Waals surface area (Å²) in [6.45, 7) is 5.53. The summed E-state index contributed by atoms with van der Waals surface area (Å²) in [5, 5.41) is 16.6. The molecule has 1 spiro atoms. The predicted octanol–water partition coefficient (Wildman–Crippen LogP) is 4.22. The van der Waals surface area contributed by atoms with Crippen molar-refractivity contribution in [3.8, 4) is 0 Å². The Hall–Kier alpha value is -4.21. The van der Waals surface area contributed by atoms with E-state index in [-0.39, 0.29) is 18.4 Å². The zero-order valence-electron chi connectivity index (χ0n) is 24.5. The van der Waals surface area contributed by atoms with Gasteiger partial charge in [0, 0.05) is 30.2 Å². The van der Waals surface area contributed by atoms with E-state index in [1.807, 2.05) is 72.8 Å². The van der Waals surface area contributed by atoms with Crippen molar-refractivity contribution in [3.63, 3.8) is 0 Å². The normalized spacial score (nSPS) is 26.2. The monoisotopic (exact) mass is 582 g/mol. The fourth-order valence-corrected chi connectivity index (χ4v) is 7.36. The van der Waals surface area contributed by atoms with Crippen molar-refractivity contribution in [2.45, 2.75) is 50.5 Å². The van der Waals surface area contributed by atoms with Crippen molar-refractivity contribution in [2.24, 2.45) is 11.8 Å². The van der Waals surface area contributed by atoms with Crippen LogP contribution in [0.15, 0.2) is 84.9 Å². The first kappa shape index (κ1) is 28.9. The van der Waals surface area contributed by atoms with Crippen molar-refractivity contribution in [2.75, 3.05) is 35.2 Å². The van der Waals surface area contributed by atoms with Crippen molar-refractivity contribution in [1.82, 2.24) is 4.90 Å². The second kappa shape index (κ2) is 11.8. The van der Waals surface area contributed by atoms with E-state index in [9.17, 15) is 19.5 Å². The molecule has 3 aliphatic rings. The Morgan fingerprint density at radius 3 is 2.16 bits per heavy atom. The molecule has 3 saturated heterocycles. The van der Waals surface area contributed by atoms with Gasteiger partial charge in [0.05, 0.1) is 30.6 Å². The molecule has 43 heavy (non-hydrogen) atoms. The van der Waals surface area contributed by atoms with Gasteiger partial charge in [0.1, 0.15) is 11.6 Å². The molecule has 3 aromatic carbocycles. The third-order valence-corrected chi connectivity index (χ3v) is 9.29. The Morgan fingerprint density at radius 1 is 0.930 bits per heavy atom. The maximum Gasteiger partial charge on any atom is 0.250 e. The molecule has 9 nitrogen and oxygen atoms in total. The molecule has 0 aliphatic carbocycles. The maximum absolute atomic E-state index is 14.4. The largest absolute Gasteiger partial charge is 0.394 e. The number of amides is 3. The SMILES string of the molecule is CCN(CC)c1ccc(NC(=O)C2N([C@H](CO)c3ccccc3)C(=O)[C@@H]3[C@@H](C(=O)Nc4ccccc4)[C@H]4CCC23O4)cc1. The Bertz CT molecular complexity index is 1460. The second-order valence-electron chi connectivity index (χ2n) is 11.5. The van der Waals surface area contributed by atoms with Crippen LogP contribution >= 0.6 is 0 Å². The number of rotatable bonds is 10. The van der Waals surface area contributed by atoms with Crippen molar-refractivity contribution in [1.29, 1.82) is 0 Å². The van der Waals surface area contributed by atoms with E-state index < -0.39 is 41.5 Å². The van der Waals surface area contributed by atoms with Crippen molar-refractivity contribution in [3.05, 3.63) is 90.5 Å². The van der Waals surface area contributed by atoms with Crippen LogP contribution in [0.3, 0.4) is 0 Å². The lowest BCUT2D eigenvalue weighted by Crippen LogP contribution is -2.54. The van der Waals surface area contributed by atoms with Crippen LogP contribution in [0.4, 0.5) is 17.1 Å². The number of likely N-dealkylation sites (tertiary alicyclic amines) is 1. The topological polar surface area (TPSA) is 111 Å². The van der Waals surface area contributed by atoms with Crippen LogP contribution < -0.4 is 15.5 Å². The van der Waals surface area contributed by atoms with Crippen LogP contribution in [-0.2, 0) is 19.1 Å². The standard InChI is InChI=1S/C34H38N4O5/c1-3-37(4-2)25-17-15-24(16-18-25)36-32(41)30-34-20-19-27(43-34)28(31(40)35-23-13-9-6-10-14-23)29(34)33(42)38(30)26(21-39)22-11-7-5-8-12-22/h5-18,26-30,39H,3-4,19-21H2,1-2H3,(H,35,40)(H,36,41)/t26-,27-,28+,29+,30?,34?/m1/s1. The van der Waals surface area contributed by atoms with Gasteiger partial charge in [0.25, 0.3) is 0 Å². The van der Waals surface area contributed by atoms with Crippen LogP contribution in [0.2, 0.25) is 0 Å². The highest BCUT2D eigenvalue weighted by molar-refractivity contribution is 6.05. The summed E-state index contributed by atoms with van der Waals surface area (Å²) in [4.78, 5) is 46.1. The van der Waals surface area contributed by atoms with Crippen LogP contribution in [0.1, 0.15) is 38.3 Å². The summed E-state index contributed by atoms with van der Waals surface area (Å²) in [6, 6.07) is 24.1. The summed E-state index contributed by atoms with van der Waals surface area (Å²) < 4.78 is 6.57. The number of nitrogens with zero attached hydrogens (tertiary/aromatic N) is 2. The molecule has 9 heteroatoms. The lowest BCUT2D eigenvalue weighted by atomic mass is 9.70. The fourth-order valence-electron chi connectivity index (χ4n) is 7.36. The number of carbonyl (C=O) groups excluding carboxylic acids is 3. The lowest BCUT2D eigenvalue weighted by Gasteiger charge is -2.36. The third kappa shape index (κ3) is 4.96. The molecule has 3 fully saturated rings. The number of para-hydroxylation sites is 1. The van der Waals surface area contributed by atoms with Crippen molar-refractivity contribution < 1.29 is 24.2 Å².